The highest BCUT2D eigenvalue weighted by Gasteiger charge is 2.40. The quantitative estimate of drug-likeness (QED) is 0.536. The molecular formula is C20H28F3N3O2S. The summed E-state index contributed by atoms with van der Waals surface area (Å²) in [5.41, 5.74) is -0.321. The minimum atomic E-state index is -4.36. The first-order chi connectivity index (χ1) is 13.6. The first-order valence-corrected chi connectivity index (χ1v) is 11.9. The van der Waals surface area contributed by atoms with E-state index in [1.54, 1.807) is 6.07 Å². The standard InChI is InChI=1S/C20H28F3N3O2S/c1-2-24-18(25-12-15-7-10-29(27,28)13-15)26-14-19(8-4-9-19)16-5-3-6-17(11-16)20(21,22)23/h3,5-6,11,15H,2,4,7-10,12-14H2,1H3,(H2,24,25,26). The third-order valence-corrected chi connectivity index (χ3v) is 7.72. The lowest BCUT2D eigenvalue weighted by atomic mass is 9.64. The highest BCUT2D eigenvalue weighted by Crippen LogP contribution is 2.45. The fourth-order valence-electron chi connectivity index (χ4n) is 4.01. The monoisotopic (exact) mass is 431 g/mol. The van der Waals surface area contributed by atoms with Crippen molar-refractivity contribution in [1.29, 1.82) is 0 Å². The summed E-state index contributed by atoms with van der Waals surface area (Å²) < 4.78 is 62.5. The number of alkyl halides is 3. The van der Waals surface area contributed by atoms with Gasteiger partial charge < -0.3 is 10.6 Å². The Morgan fingerprint density at radius 2 is 2.03 bits per heavy atom. The van der Waals surface area contributed by atoms with E-state index in [0.717, 1.165) is 25.3 Å². The normalized spacial score (nSPS) is 23.4. The molecule has 5 nitrogen and oxygen atoms in total. The molecular weight excluding hydrogens is 403 g/mol. The fraction of sp³-hybridized carbons (Fsp3) is 0.650. The van der Waals surface area contributed by atoms with Crippen molar-refractivity contribution >= 4 is 15.8 Å². The van der Waals surface area contributed by atoms with Gasteiger partial charge in [0.05, 0.1) is 23.6 Å². The number of guanidine groups is 1. The topological polar surface area (TPSA) is 70.6 Å². The van der Waals surface area contributed by atoms with Crippen LogP contribution in [0.2, 0.25) is 0 Å². The van der Waals surface area contributed by atoms with E-state index < -0.39 is 21.6 Å². The molecule has 0 bridgehead atoms. The largest absolute Gasteiger partial charge is 0.416 e. The second kappa shape index (κ2) is 8.53. The van der Waals surface area contributed by atoms with E-state index in [0.29, 0.717) is 37.6 Å². The van der Waals surface area contributed by atoms with Crippen LogP contribution in [0, 0.1) is 5.92 Å². The van der Waals surface area contributed by atoms with Crippen LogP contribution in [0.25, 0.3) is 0 Å². The van der Waals surface area contributed by atoms with E-state index in [-0.39, 0.29) is 22.8 Å². The van der Waals surface area contributed by atoms with Gasteiger partial charge in [0.25, 0.3) is 0 Å². The fourth-order valence-corrected chi connectivity index (χ4v) is 5.88. The Morgan fingerprint density at radius 1 is 1.28 bits per heavy atom. The zero-order valence-electron chi connectivity index (χ0n) is 16.6. The Labute approximate surface area is 170 Å². The van der Waals surface area contributed by atoms with Gasteiger partial charge in [-0.25, -0.2) is 8.42 Å². The number of nitrogens with one attached hydrogen (secondary N) is 2. The summed E-state index contributed by atoms with van der Waals surface area (Å²) in [6.45, 7) is 3.49. The zero-order chi connectivity index (χ0) is 21.1. The third kappa shape index (κ3) is 5.43. The number of hydrogen-bond acceptors (Lipinski definition) is 3. The maximum atomic E-state index is 13.1. The number of halogens is 3. The Bertz CT molecular complexity index is 849. The lowest BCUT2D eigenvalue weighted by Crippen LogP contribution is -2.43. The number of nitrogens with zero attached hydrogens (tertiary/aromatic N) is 1. The number of benzene rings is 1. The molecule has 1 saturated carbocycles. The maximum absolute atomic E-state index is 13.1. The molecule has 29 heavy (non-hydrogen) atoms. The van der Waals surface area contributed by atoms with Crippen molar-refractivity contribution in [2.24, 2.45) is 10.9 Å². The molecule has 2 N–H and O–H groups in total. The molecule has 162 valence electrons. The molecule has 0 spiro atoms. The van der Waals surface area contributed by atoms with Gasteiger partial charge in [-0.1, -0.05) is 24.6 Å². The Balaban J connectivity index is 1.70. The molecule has 2 fully saturated rings. The lowest BCUT2D eigenvalue weighted by Gasteiger charge is -2.41. The highest BCUT2D eigenvalue weighted by molar-refractivity contribution is 7.91. The smallest absolute Gasteiger partial charge is 0.357 e. The van der Waals surface area contributed by atoms with Crippen LogP contribution >= 0.6 is 0 Å². The third-order valence-electron chi connectivity index (χ3n) is 5.88. The van der Waals surface area contributed by atoms with Crippen molar-refractivity contribution in [2.45, 2.75) is 44.2 Å². The average molecular weight is 432 g/mol. The van der Waals surface area contributed by atoms with E-state index in [1.165, 1.54) is 12.1 Å². The minimum absolute atomic E-state index is 0.0602. The molecule has 9 heteroatoms. The summed E-state index contributed by atoms with van der Waals surface area (Å²) in [5.74, 6) is 1.05. The summed E-state index contributed by atoms with van der Waals surface area (Å²) in [7, 11) is -2.93. The van der Waals surface area contributed by atoms with Crippen LogP contribution in [0.5, 0.6) is 0 Å². The zero-order valence-corrected chi connectivity index (χ0v) is 17.4. The molecule has 0 aromatic heterocycles. The molecule has 1 unspecified atom stereocenters. The van der Waals surface area contributed by atoms with E-state index >= 15 is 0 Å². The molecule has 1 heterocycles. The van der Waals surface area contributed by atoms with Crippen molar-refractivity contribution in [3.63, 3.8) is 0 Å². The van der Waals surface area contributed by atoms with Crippen molar-refractivity contribution in [3.8, 4) is 0 Å². The summed E-state index contributed by atoms with van der Waals surface area (Å²) in [4.78, 5) is 4.64. The number of hydrogen-bond donors (Lipinski definition) is 2. The lowest BCUT2D eigenvalue weighted by molar-refractivity contribution is -0.137. The van der Waals surface area contributed by atoms with E-state index in [4.69, 9.17) is 0 Å². The van der Waals surface area contributed by atoms with Gasteiger partial charge in [-0.05, 0) is 43.7 Å². The highest BCUT2D eigenvalue weighted by atomic mass is 32.2. The Kier molecular flexibility index (Phi) is 6.45. The molecule has 1 atom stereocenters. The molecule has 1 aliphatic carbocycles. The van der Waals surface area contributed by atoms with Gasteiger partial charge in [0.15, 0.2) is 15.8 Å². The summed E-state index contributed by atoms with van der Waals surface area (Å²) in [6.07, 6.45) is -1.14. The second-order valence-corrected chi connectivity index (χ2v) is 10.3. The van der Waals surface area contributed by atoms with Crippen molar-refractivity contribution in [1.82, 2.24) is 10.6 Å². The van der Waals surface area contributed by atoms with Gasteiger partial charge >= 0.3 is 6.18 Å². The van der Waals surface area contributed by atoms with Crippen LogP contribution in [0.4, 0.5) is 13.2 Å². The first kappa shape index (κ1) is 21.9. The molecule has 1 aliphatic heterocycles. The van der Waals surface area contributed by atoms with Crippen LogP contribution in [0.3, 0.4) is 0 Å². The molecule has 0 radical (unpaired) electrons. The number of aliphatic imine (C=N–C) groups is 1. The predicted molar refractivity (Wildman–Crippen MR) is 108 cm³/mol. The van der Waals surface area contributed by atoms with Crippen molar-refractivity contribution in [2.75, 3.05) is 31.1 Å². The molecule has 1 aromatic carbocycles. The van der Waals surface area contributed by atoms with Crippen LogP contribution in [-0.2, 0) is 21.4 Å². The number of rotatable bonds is 6. The minimum Gasteiger partial charge on any atom is -0.357 e. The van der Waals surface area contributed by atoms with Crippen LogP contribution in [-0.4, -0.2) is 45.5 Å². The van der Waals surface area contributed by atoms with Gasteiger partial charge in [-0.2, -0.15) is 13.2 Å². The Morgan fingerprint density at radius 3 is 2.59 bits per heavy atom. The first-order valence-electron chi connectivity index (χ1n) is 10.0. The van der Waals surface area contributed by atoms with E-state index in [1.807, 2.05) is 6.92 Å². The SMILES string of the molecule is CCNC(=NCC1(c2cccc(C(F)(F)F)c2)CCC1)NCC1CCS(=O)(=O)C1. The Hall–Kier alpha value is -1.77. The molecule has 3 rings (SSSR count). The number of sulfone groups is 1. The van der Waals surface area contributed by atoms with Gasteiger partial charge in [-0.15, -0.1) is 0 Å². The summed E-state index contributed by atoms with van der Waals surface area (Å²) >= 11 is 0. The molecule has 0 amide bonds. The maximum Gasteiger partial charge on any atom is 0.416 e. The van der Waals surface area contributed by atoms with Gasteiger partial charge in [0.2, 0.25) is 0 Å². The van der Waals surface area contributed by atoms with Crippen LogP contribution in [0.1, 0.15) is 43.7 Å². The van der Waals surface area contributed by atoms with Crippen molar-refractivity contribution in [3.05, 3.63) is 35.4 Å². The predicted octanol–water partition coefficient (Wildman–Crippen LogP) is 3.12. The molecule has 1 aromatic rings. The van der Waals surface area contributed by atoms with Gasteiger partial charge in [-0.3, -0.25) is 4.99 Å². The van der Waals surface area contributed by atoms with Gasteiger partial charge in [0.1, 0.15) is 0 Å². The van der Waals surface area contributed by atoms with E-state index in [2.05, 4.69) is 15.6 Å². The summed E-state index contributed by atoms with van der Waals surface area (Å²) in [6, 6.07) is 5.57. The van der Waals surface area contributed by atoms with Crippen molar-refractivity contribution < 1.29 is 21.6 Å². The molecule has 1 saturated heterocycles. The van der Waals surface area contributed by atoms with Gasteiger partial charge in [0, 0.05) is 18.5 Å². The average Bonchev–Trinajstić information content (AvgIpc) is 2.97. The van der Waals surface area contributed by atoms with Crippen LogP contribution in [0.15, 0.2) is 29.3 Å². The summed E-state index contributed by atoms with van der Waals surface area (Å²) in [5, 5.41) is 6.35. The van der Waals surface area contributed by atoms with Crippen LogP contribution < -0.4 is 10.6 Å². The molecule has 2 aliphatic rings. The second-order valence-electron chi connectivity index (χ2n) is 8.06. The van der Waals surface area contributed by atoms with E-state index in [9.17, 15) is 21.6 Å².